The van der Waals surface area contributed by atoms with Crippen LogP contribution in [0.2, 0.25) is 0 Å². The summed E-state index contributed by atoms with van der Waals surface area (Å²) >= 11 is 0. The molecule has 0 aliphatic carbocycles. The van der Waals surface area contributed by atoms with Gasteiger partial charge in [0.15, 0.2) is 11.6 Å². The fourth-order valence-corrected chi connectivity index (χ4v) is 1.92. The molecule has 24 heavy (non-hydrogen) atoms. The molecule has 122 valence electrons. The van der Waals surface area contributed by atoms with Crippen LogP contribution in [0.1, 0.15) is 32.4 Å². The van der Waals surface area contributed by atoms with Crippen molar-refractivity contribution < 1.29 is 18.6 Å². The predicted molar refractivity (Wildman–Crippen MR) is 82.6 cm³/mol. The van der Waals surface area contributed by atoms with Gasteiger partial charge >= 0.3 is 0 Å². The van der Waals surface area contributed by atoms with E-state index in [1.165, 1.54) is 18.3 Å². The first-order chi connectivity index (χ1) is 11.5. The molecule has 3 heterocycles. The highest BCUT2D eigenvalue weighted by Crippen LogP contribution is 2.12. The molecule has 0 aromatic carbocycles. The highest BCUT2D eigenvalue weighted by molar-refractivity contribution is 6.07. The van der Waals surface area contributed by atoms with Crippen LogP contribution >= 0.6 is 0 Å². The molecular formula is C15H13N5O4. The first-order valence-corrected chi connectivity index (χ1v) is 6.96. The maximum absolute atomic E-state index is 12.2. The Balaban J connectivity index is 1.73. The second kappa shape index (κ2) is 6.32. The Hall–Kier alpha value is -3.49. The summed E-state index contributed by atoms with van der Waals surface area (Å²) in [6, 6.07) is 6.00. The Kier molecular flexibility index (Phi) is 4.06. The number of hydrogen-bond donors (Lipinski definition) is 2. The number of pyridine rings is 1. The standard InChI is InChI=1S/C15H13N5O4/c1-8-5-12(19-23-8)17-14(21)10-3-4-16-11(7-10)15(22)18-13-6-9(2)24-20-13/h3-7H,1-2H3,(H,17,19,21)(H,18,20,22). The summed E-state index contributed by atoms with van der Waals surface area (Å²) in [6.45, 7) is 3.42. The van der Waals surface area contributed by atoms with Gasteiger partial charge in [0.2, 0.25) is 0 Å². The molecular weight excluding hydrogens is 314 g/mol. The minimum absolute atomic E-state index is 0.0691. The van der Waals surface area contributed by atoms with Gasteiger partial charge in [-0.05, 0) is 26.0 Å². The summed E-state index contributed by atoms with van der Waals surface area (Å²) in [5, 5.41) is 12.4. The summed E-state index contributed by atoms with van der Waals surface area (Å²) in [5.41, 5.74) is 0.326. The largest absolute Gasteiger partial charge is 0.360 e. The van der Waals surface area contributed by atoms with E-state index in [2.05, 4.69) is 25.9 Å². The minimum Gasteiger partial charge on any atom is -0.360 e. The fraction of sp³-hybridized carbons (Fsp3) is 0.133. The molecule has 2 N–H and O–H groups in total. The number of anilines is 2. The van der Waals surface area contributed by atoms with Gasteiger partial charge in [0, 0.05) is 23.9 Å². The van der Waals surface area contributed by atoms with Crippen LogP contribution in [0.5, 0.6) is 0 Å². The van der Waals surface area contributed by atoms with E-state index in [0.717, 1.165) is 0 Å². The van der Waals surface area contributed by atoms with Crippen molar-refractivity contribution in [2.24, 2.45) is 0 Å². The zero-order valence-electron chi connectivity index (χ0n) is 12.9. The highest BCUT2D eigenvalue weighted by atomic mass is 16.5. The van der Waals surface area contributed by atoms with Gasteiger partial charge < -0.3 is 19.7 Å². The quantitative estimate of drug-likeness (QED) is 0.752. The smallest absolute Gasteiger partial charge is 0.275 e. The van der Waals surface area contributed by atoms with Gasteiger partial charge in [0.1, 0.15) is 17.2 Å². The Morgan fingerprint density at radius 2 is 1.50 bits per heavy atom. The molecule has 0 aliphatic rings. The van der Waals surface area contributed by atoms with Gasteiger partial charge in [-0.3, -0.25) is 14.6 Å². The Bertz CT molecular complexity index is 829. The van der Waals surface area contributed by atoms with Crippen molar-refractivity contribution in [1.29, 1.82) is 0 Å². The Morgan fingerprint density at radius 3 is 2.04 bits per heavy atom. The molecule has 0 bridgehead atoms. The number of amides is 2. The molecule has 0 spiro atoms. The summed E-state index contributed by atoms with van der Waals surface area (Å²) in [7, 11) is 0. The third-order valence-corrected chi connectivity index (χ3v) is 2.99. The second-order valence-corrected chi connectivity index (χ2v) is 4.98. The number of hydrogen-bond acceptors (Lipinski definition) is 7. The molecule has 3 aromatic rings. The zero-order chi connectivity index (χ0) is 17.1. The fourth-order valence-electron chi connectivity index (χ4n) is 1.92. The third-order valence-electron chi connectivity index (χ3n) is 2.99. The van der Waals surface area contributed by atoms with Gasteiger partial charge in [-0.2, -0.15) is 0 Å². The first-order valence-electron chi connectivity index (χ1n) is 6.96. The molecule has 0 saturated carbocycles. The van der Waals surface area contributed by atoms with Crippen LogP contribution in [0.15, 0.2) is 39.5 Å². The molecule has 9 heteroatoms. The topological polar surface area (TPSA) is 123 Å². The van der Waals surface area contributed by atoms with Gasteiger partial charge in [0.05, 0.1) is 0 Å². The molecule has 0 unspecified atom stereocenters. The first kappa shape index (κ1) is 15.4. The zero-order valence-corrected chi connectivity index (χ0v) is 12.9. The SMILES string of the molecule is Cc1cc(NC(=O)c2ccnc(C(=O)Nc3cc(C)on3)c2)no1. The molecule has 0 saturated heterocycles. The maximum Gasteiger partial charge on any atom is 0.275 e. The molecule has 3 aromatic heterocycles. The predicted octanol–water partition coefficient (Wildman–Crippen LogP) is 2.18. The lowest BCUT2D eigenvalue weighted by Crippen LogP contribution is -2.17. The van der Waals surface area contributed by atoms with Crippen molar-refractivity contribution in [3.8, 4) is 0 Å². The number of rotatable bonds is 4. The summed E-state index contributed by atoms with van der Waals surface area (Å²) in [6.07, 6.45) is 1.37. The number of nitrogens with zero attached hydrogens (tertiary/aromatic N) is 3. The number of nitrogens with one attached hydrogen (secondary N) is 2. The van der Waals surface area contributed by atoms with Gasteiger partial charge in [-0.25, -0.2) is 0 Å². The molecule has 3 rings (SSSR count). The van der Waals surface area contributed by atoms with Crippen LogP contribution in [0.4, 0.5) is 11.6 Å². The van der Waals surface area contributed by atoms with Crippen LogP contribution in [-0.4, -0.2) is 27.1 Å². The average molecular weight is 327 g/mol. The van der Waals surface area contributed by atoms with E-state index in [1.807, 2.05) is 0 Å². The summed E-state index contributed by atoms with van der Waals surface area (Å²) in [4.78, 5) is 28.3. The molecule has 0 aliphatic heterocycles. The van der Waals surface area contributed by atoms with Crippen LogP contribution in [0.3, 0.4) is 0 Å². The maximum atomic E-state index is 12.2. The lowest BCUT2D eigenvalue weighted by Gasteiger charge is -2.04. The van der Waals surface area contributed by atoms with Crippen LogP contribution in [0, 0.1) is 13.8 Å². The highest BCUT2D eigenvalue weighted by Gasteiger charge is 2.14. The normalized spacial score (nSPS) is 10.4. The summed E-state index contributed by atoms with van der Waals surface area (Å²) in [5.74, 6) is 0.759. The average Bonchev–Trinajstić information content (AvgIpc) is 3.15. The van der Waals surface area contributed by atoms with E-state index in [1.54, 1.807) is 26.0 Å². The van der Waals surface area contributed by atoms with Gasteiger partial charge in [0.25, 0.3) is 11.8 Å². The van der Waals surface area contributed by atoms with Crippen LogP contribution in [0.25, 0.3) is 0 Å². The number of carbonyl (C=O) groups excluding carboxylic acids is 2. The van der Waals surface area contributed by atoms with Crippen molar-refractivity contribution in [3.63, 3.8) is 0 Å². The number of carbonyl (C=O) groups is 2. The van der Waals surface area contributed by atoms with Crippen molar-refractivity contribution in [2.45, 2.75) is 13.8 Å². The van der Waals surface area contributed by atoms with E-state index in [0.29, 0.717) is 17.3 Å². The van der Waals surface area contributed by atoms with E-state index in [-0.39, 0.29) is 17.1 Å². The van der Waals surface area contributed by atoms with E-state index in [9.17, 15) is 9.59 Å². The molecule has 2 amide bonds. The van der Waals surface area contributed by atoms with Crippen molar-refractivity contribution in [3.05, 3.63) is 53.2 Å². The van der Waals surface area contributed by atoms with Crippen LogP contribution < -0.4 is 10.6 Å². The Labute approximate surface area is 136 Å². The van der Waals surface area contributed by atoms with Crippen LogP contribution in [-0.2, 0) is 0 Å². The lowest BCUT2D eigenvalue weighted by molar-refractivity contribution is 0.102. The minimum atomic E-state index is -0.504. The van der Waals surface area contributed by atoms with Crippen molar-refractivity contribution >= 4 is 23.5 Å². The second-order valence-electron chi connectivity index (χ2n) is 4.98. The van der Waals surface area contributed by atoms with E-state index in [4.69, 9.17) is 9.05 Å². The van der Waals surface area contributed by atoms with E-state index < -0.39 is 11.8 Å². The molecule has 0 radical (unpaired) electrons. The van der Waals surface area contributed by atoms with Gasteiger partial charge in [-0.15, -0.1) is 0 Å². The lowest BCUT2D eigenvalue weighted by atomic mass is 10.2. The van der Waals surface area contributed by atoms with E-state index >= 15 is 0 Å². The molecule has 0 fully saturated rings. The molecule has 0 atom stereocenters. The Morgan fingerprint density at radius 1 is 0.917 bits per heavy atom. The molecule has 9 nitrogen and oxygen atoms in total. The van der Waals surface area contributed by atoms with Crippen molar-refractivity contribution in [2.75, 3.05) is 10.6 Å². The van der Waals surface area contributed by atoms with Crippen molar-refractivity contribution in [1.82, 2.24) is 15.3 Å². The summed E-state index contributed by atoms with van der Waals surface area (Å²) < 4.78 is 9.74. The number of aromatic nitrogens is 3. The van der Waals surface area contributed by atoms with Gasteiger partial charge in [-0.1, -0.05) is 10.3 Å². The number of aryl methyl sites for hydroxylation is 2. The monoisotopic (exact) mass is 327 g/mol. The third kappa shape index (κ3) is 3.46.